The fraction of sp³-hybridized carbons (Fsp3) is 0.533. The lowest BCUT2D eigenvalue weighted by atomic mass is 10.1. The first-order valence-electron chi connectivity index (χ1n) is 6.95. The first kappa shape index (κ1) is 13.7. The second-order valence-corrected chi connectivity index (χ2v) is 5.13. The Labute approximate surface area is 114 Å². The van der Waals surface area contributed by atoms with E-state index in [0.717, 1.165) is 18.5 Å². The molecule has 1 aliphatic rings. The highest BCUT2D eigenvalue weighted by Crippen LogP contribution is 2.25. The van der Waals surface area contributed by atoms with Crippen molar-refractivity contribution in [2.75, 3.05) is 18.2 Å². The van der Waals surface area contributed by atoms with Gasteiger partial charge in [0.1, 0.15) is 0 Å². The SMILES string of the molecule is COC(=O)c1cc(N)ccc1NC1CCCCCC1. The van der Waals surface area contributed by atoms with Crippen LogP contribution in [0.3, 0.4) is 0 Å². The lowest BCUT2D eigenvalue weighted by Crippen LogP contribution is -2.20. The lowest BCUT2D eigenvalue weighted by molar-refractivity contribution is 0.0602. The summed E-state index contributed by atoms with van der Waals surface area (Å²) in [6, 6.07) is 5.79. The van der Waals surface area contributed by atoms with Crippen LogP contribution in [0.15, 0.2) is 18.2 Å². The molecule has 1 saturated carbocycles. The average molecular weight is 262 g/mol. The summed E-state index contributed by atoms with van der Waals surface area (Å²) in [5, 5.41) is 3.48. The van der Waals surface area contributed by atoms with Crippen LogP contribution in [0.2, 0.25) is 0 Å². The number of carbonyl (C=O) groups is 1. The number of nitrogen functional groups attached to an aromatic ring is 1. The number of hydrogen-bond donors (Lipinski definition) is 2. The first-order valence-corrected chi connectivity index (χ1v) is 6.95. The molecule has 0 amide bonds. The number of benzene rings is 1. The Balaban J connectivity index is 2.16. The van der Waals surface area contributed by atoms with Crippen molar-refractivity contribution in [3.05, 3.63) is 23.8 Å². The molecule has 0 spiro atoms. The maximum Gasteiger partial charge on any atom is 0.340 e. The van der Waals surface area contributed by atoms with Gasteiger partial charge in [0.15, 0.2) is 0 Å². The van der Waals surface area contributed by atoms with Crippen LogP contribution >= 0.6 is 0 Å². The van der Waals surface area contributed by atoms with Gasteiger partial charge in [0.2, 0.25) is 0 Å². The highest BCUT2D eigenvalue weighted by atomic mass is 16.5. The average Bonchev–Trinajstić information content (AvgIpc) is 2.68. The summed E-state index contributed by atoms with van der Waals surface area (Å²) in [5.74, 6) is -0.344. The molecule has 0 bridgehead atoms. The molecule has 0 atom stereocenters. The van der Waals surface area contributed by atoms with Crippen LogP contribution in [0.25, 0.3) is 0 Å². The number of esters is 1. The smallest absolute Gasteiger partial charge is 0.340 e. The van der Waals surface area contributed by atoms with E-state index in [4.69, 9.17) is 10.5 Å². The normalized spacial score (nSPS) is 16.7. The van der Waals surface area contributed by atoms with Crippen molar-refractivity contribution < 1.29 is 9.53 Å². The molecule has 104 valence electrons. The van der Waals surface area contributed by atoms with E-state index in [1.165, 1.54) is 32.8 Å². The van der Waals surface area contributed by atoms with E-state index in [-0.39, 0.29) is 5.97 Å². The predicted octanol–water partition coefficient (Wildman–Crippen LogP) is 3.19. The number of nitrogens with two attached hydrogens (primary N) is 1. The molecule has 0 aliphatic heterocycles. The van der Waals surface area contributed by atoms with E-state index in [9.17, 15) is 4.79 Å². The molecule has 19 heavy (non-hydrogen) atoms. The molecule has 0 unspecified atom stereocenters. The van der Waals surface area contributed by atoms with Crippen LogP contribution in [0, 0.1) is 0 Å². The Bertz CT molecular complexity index is 438. The van der Waals surface area contributed by atoms with Gasteiger partial charge >= 0.3 is 5.97 Å². The van der Waals surface area contributed by atoms with Gasteiger partial charge in [-0.15, -0.1) is 0 Å². The van der Waals surface area contributed by atoms with Gasteiger partial charge in [-0.05, 0) is 31.0 Å². The van der Waals surface area contributed by atoms with Crippen molar-refractivity contribution >= 4 is 17.3 Å². The molecule has 1 aromatic carbocycles. The number of methoxy groups -OCH3 is 1. The molecule has 0 heterocycles. The van der Waals surface area contributed by atoms with E-state index in [1.807, 2.05) is 12.1 Å². The second-order valence-electron chi connectivity index (χ2n) is 5.13. The zero-order valence-electron chi connectivity index (χ0n) is 11.4. The molecule has 0 aromatic heterocycles. The van der Waals surface area contributed by atoms with E-state index in [0.29, 0.717) is 17.3 Å². The number of ether oxygens (including phenoxy) is 1. The van der Waals surface area contributed by atoms with Gasteiger partial charge in [-0.3, -0.25) is 0 Å². The molecule has 2 rings (SSSR count). The Morgan fingerprint density at radius 1 is 1.26 bits per heavy atom. The van der Waals surface area contributed by atoms with Crippen LogP contribution in [0.1, 0.15) is 48.9 Å². The minimum atomic E-state index is -0.344. The maximum atomic E-state index is 11.8. The van der Waals surface area contributed by atoms with E-state index in [1.54, 1.807) is 6.07 Å². The summed E-state index contributed by atoms with van der Waals surface area (Å²) in [6.45, 7) is 0. The Kier molecular flexibility index (Phi) is 4.66. The van der Waals surface area contributed by atoms with Crippen molar-refractivity contribution in [1.82, 2.24) is 0 Å². The van der Waals surface area contributed by atoms with Crippen LogP contribution < -0.4 is 11.1 Å². The largest absolute Gasteiger partial charge is 0.465 e. The lowest BCUT2D eigenvalue weighted by Gasteiger charge is -2.19. The van der Waals surface area contributed by atoms with Crippen LogP contribution in [-0.2, 0) is 4.74 Å². The van der Waals surface area contributed by atoms with E-state index >= 15 is 0 Å². The van der Waals surface area contributed by atoms with Gasteiger partial charge in [0, 0.05) is 17.4 Å². The third-order valence-corrected chi connectivity index (χ3v) is 3.66. The summed E-state index contributed by atoms with van der Waals surface area (Å²) in [5.41, 5.74) is 7.67. The second kappa shape index (κ2) is 6.45. The molecular weight excluding hydrogens is 240 g/mol. The van der Waals surface area contributed by atoms with Gasteiger partial charge in [-0.2, -0.15) is 0 Å². The highest BCUT2D eigenvalue weighted by Gasteiger charge is 2.17. The molecular formula is C15H22N2O2. The summed E-state index contributed by atoms with van der Waals surface area (Å²) < 4.78 is 4.81. The zero-order chi connectivity index (χ0) is 13.7. The zero-order valence-corrected chi connectivity index (χ0v) is 11.4. The Hall–Kier alpha value is -1.71. The number of hydrogen-bond acceptors (Lipinski definition) is 4. The van der Waals surface area contributed by atoms with Gasteiger partial charge in [-0.1, -0.05) is 25.7 Å². The van der Waals surface area contributed by atoms with Crippen molar-refractivity contribution in [3.8, 4) is 0 Å². The summed E-state index contributed by atoms with van der Waals surface area (Å²) in [6.07, 6.45) is 7.43. The molecule has 1 fully saturated rings. The molecule has 4 heteroatoms. The van der Waals surface area contributed by atoms with Crippen LogP contribution in [0.5, 0.6) is 0 Å². The maximum absolute atomic E-state index is 11.8. The van der Waals surface area contributed by atoms with E-state index < -0.39 is 0 Å². The van der Waals surface area contributed by atoms with Gasteiger partial charge in [0.25, 0.3) is 0 Å². The first-order chi connectivity index (χ1) is 9.20. The number of nitrogens with one attached hydrogen (secondary N) is 1. The Morgan fingerprint density at radius 2 is 1.95 bits per heavy atom. The highest BCUT2D eigenvalue weighted by molar-refractivity contribution is 5.96. The molecule has 3 N–H and O–H groups in total. The predicted molar refractivity (Wildman–Crippen MR) is 77.3 cm³/mol. The molecule has 0 saturated heterocycles. The number of rotatable bonds is 3. The van der Waals surface area contributed by atoms with Gasteiger partial charge in [0.05, 0.1) is 12.7 Å². The van der Waals surface area contributed by atoms with Crippen LogP contribution in [-0.4, -0.2) is 19.1 Å². The van der Waals surface area contributed by atoms with E-state index in [2.05, 4.69) is 5.32 Å². The van der Waals surface area contributed by atoms with Crippen molar-refractivity contribution in [2.45, 2.75) is 44.6 Å². The van der Waals surface area contributed by atoms with Gasteiger partial charge in [-0.25, -0.2) is 4.79 Å². The van der Waals surface area contributed by atoms with Crippen molar-refractivity contribution in [3.63, 3.8) is 0 Å². The molecule has 4 nitrogen and oxygen atoms in total. The molecule has 1 aromatic rings. The minimum absolute atomic E-state index is 0.344. The fourth-order valence-electron chi connectivity index (χ4n) is 2.61. The quantitative estimate of drug-likeness (QED) is 0.499. The fourth-order valence-corrected chi connectivity index (χ4v) is 2.61. The topological polar surface area (TPSA) is 64.3 Å². The molecule has 0 radical (unpaired) electrons. The van der Waals surface area contributed by atoms with Gasteiger partial charge < -0.3 is 15.8 Å². The standard InChI is InChI=1S/C15H22N2O2/c1-19-15(18)13-10-11(16)8-9-14(13)17-12-6-4-2-3-5-7-12/h8-10,12,17H,2-7,16H2,1H3. The Morgan fingerprint density at radius 3 is 2.58 bits per heavy atom. The third kappa shape index (κ3) is 3.63. The summed E-state index contributed by atoms with van der Waals surface area (Å²) in [7, 11) is 1.39. The minimum Gasteiger partial charge on any atom is -0.465 e. The van der Waals surface area contributed by atoms with Crippen LogP contribution in [0.4, 0.5) is 11.4 Å². The number of anilines is 2. The van der Waals surface area contributed by atoms with Crippen molar-refractivity contribution in [1.29, 1.82) is 0 Å². The molecule has 1 aliphatic carbocycles. The monoisotopic (exact) mass is 262 g/mol. The number of carbonyl (C=O) groups excluding carboxylic acids is 1. The summed E-state index contributed by atoms with van der Waals surface area (Å²) >= 11 is 0. The third-order valence-electron chi connectivity index (χ3n) is 3.66. The summed E-state index contributed by atoms with van der Waals surface area (Å²) in [4.78, 5) is 11.8. The van der Waals surface area contributed by atoms with Crippen molar-refractivity contribution in [2.24, 2.45) is 0 Å².